The van der Waals surface area contributed by atoms with Gasteiger partial charge in [-0.3, -0.25) is 14.5 Å². The highest BCUT2D eigenvalue weighted by Gasteiger charge is 2.55. The molecule has 2 amide bonds. The number of hydrogen-bond donors (Lipinski definition) is 3. The molecule has 2 aliphatic rings. The lowest BCUT2D eigenvalue weighted by molar-refractivity contribution is -0.661. The minimum Gasteiger partial charge on any atom is -0.477 e. The number of halogens is 2. The molecule has 1 saturated heterocycles. The number of fused-ring (bicyclic) bond motifs is 2. The Hall–Kier alpha value is -2.53. The first-order chi connectivity index (χ1) is 18.2. The minimum atomic E-state index is -1.19. The van der Waals surface area contributed by atoms with E-state index in [1.807, 2.05) is 22.9 Å². The lowest BCUT2D eigenvalue weighted by Crippen LogP contribution is -2.71. The molecular weight excluding hydrogens is 684 g/mol. The Labute approximate surface area is 245 Å². The van der Waals surface area contributed by atoms with Crippen molar-refractivity contribution in [3.63, 3.8) is 0 Å². The van der Waals surface area contributed by atoms with E-state index < -0.39 is 29.2 Å². The van der Waals surface area contributed by atoms with E-state index in [-0.39, 0.29) is 28.8 Å². The number of rotatable bonds is 8. The molecular formula is C22H19Br2N6O5S3+. The van der Waals surface area contributed by atoms with E-state index >= 15 is 0 Å². The molecule has 1 fully saturated rings. The van der Waals surface area contributed by atoms with Gasteiger partial charge in [-0.1, -0.05) is 16.5 Å². The molecule has 0 radical (unpaired) electrons. The molecule has 2 aliphatic heterocycles. The van der Waals surface area contributed by atoms with Crippen LogP contribution in [0.4, 0.5) is 5.13 Å². The number of anilines is 1. The Bertz CT molecular complexity index is 1540. The van der Waals surface area contributed by atoms with Crippen LogP contribution < -0.4 is 15.6 Å². The molecule has 2 atom stereocenters. The highest BCUT2D eigenvalue weighted by Crippen LogP contribution is 2.41. The van der Waals surface area contributed by atoms with Crippen molar-refractivity contribution in [3.05, 3.63) is 48.9 Å². The van der Waals surface area contributed by atoms with Crippen LogP contribution in [0.3, 0.4) is 0 Å². The van der Waals surface area contributed by atoms with Gasteiger partial charge in [0.1, 0.15) is 29.4 Å². The van der Waals surface area contributed by atoms with Gasteiger partial charge in [-0.25, -0.2) is 9.78 Å². The number of hydrogen-bond acceptors (Lipinski definition) is 10. The predicted molar refractivity (Wildman–Crippen MR) is 152 cm³/mol. The molecule has 0 bridgehead atoms. The standard InChI is InChI=1S/C22H18Br2N6O5S3/c1-2-35-28-13(11-8-37-22(25)26-11)17(31)27-14-18(32)30-15(21(33)34)9(7-36-20(14)30)6-29-5-3-4-10-12(23)16(24)38-19(10)29/h3-5,8,14,20H,2,6-7H2,1H3,(H3-,25,26,27,31,33,34)/p+1/b28-13+/t14?,20-/m1/s1. The molecule has 3 aromatic heterocycles. The number of thiophene rings is 1. The molecule has 3 aromatic rings. The van der Waals surface area contributed by atoms with E-state index in [9.17, 15) is 19.5 Å². The number of carboxylic acids is 1. The molecule has 11 nitrogen and oxygen atoms in total. The summed E-state index contributed by atoms with van der Waals surface area (Å²) < 4.78 is 3.83. The second-order valence-electron chi connectivity index (χ2n) is 8.09. The lowest BCUT2D eigenvalue weighted by Gasteiger charge is -2.49. The van der Waals surface area contributed by atoms with Crippen molar-refractivity contribution in [1.82, 2.24) is 15.2 Å². The number of pyridine rings is 1. The van der Waals surface area contributed by atoms with Gasteiger partial charge in [0.25, 0.3) is 16.6 Å². The van der Waals surface area contributed by atoms with Crippen LogP contribution in [0.25, 0.3) is 10.2 Å². The summed E-state index contributed by atoms with van der Waals surface area (Å²) in [5.41, 5.74) is 6.36. The number of aliphatic carboxylic acids is 1. The van der Waals surface area contributed by atoms with Crippen molar-refractivity contribution in [1.29, 1.82) is 0 Å². The third-order valence-corrected chi connectivity index (χ3v) is 11.3. The number of nitrogens with one attached hydrogen (secondary N) is 1. The first kappa shape index (κ1) is 27.1. The van der Waals surface area contributed by atoms with E-state index in [1.165, 1.54) is 28.0 Å². The smallest absolute Gasteiger partial charge is 0.352 e. The van der Waals surface area contributed by atoms with Crippen LogP contribution in [0, 0.1) is 0 Å². The maximum absolute atomic E-state index is 13.2. The number of β-lactam (4-membered cyclic amide) rings is 1. The van der Waals surface area contributed by atoms with Gasteiger partial charge in [0.2, 0.25) is 0 Å². The van der Waals surface area contributed by atoms with E-state index in [4.69, 9.17) is 10.6 Å². The maximum atomic E-state index is 13.2. The van der Waals surface area contributed by atoms with E-state index in [0.29, 0.717) is 17.9 Å². The summed E-state index contributed by atoms with van der Waals surface area (Å²) >= 11 is 11.2. The summed E-state index contributed by atoms with van der Waals surface area (Å²) in [6.45, 7) is 2.24. The van der Waals surface area contributed by atoms with Gasteiger partial charge >= 0.3 is 5.97 Å². The lowest BCUT2D eigenvalue weighted by atomic mass is 10.0. The predicted octanol–water partition coefficient (Wildman–Crippen LogP) is 2.93. The second kappa shape index (κ2) is 10.9. The molecule has 0 aromatic carbocycles. The molecule has 38 heavy (non-hydrogen) atoms. The van der Waals surface area contributed by atoms with Crippen LogP contribution in [-0.2, 0) is 25.8 Å². The molecule has 0 spiro atoms. The first-order valence-electron chi connectivity index (χ1n) is 11.1. The molecule has 5 rings (SSSR count). The van der Waals surface area contributed by atoms with Crippen LogP contribution in [0.2, 0.25) is 0 Å². The van der Waals surface area contributed by atoms with Gasteiger partial charge in [0, 0.05) is 22.8 Å². The number of nitrogens with zero attached hydrogens (tertiary/aromatic N) is 4. The molecule has 4 N–H and O–H groups in total. The number of nitrogen functional groups attached to an aromatic ring is 1. The Morgan fingerprint density at radius 1 is 1.42 bits per heavy atom. The summed E-state index contributed by atoms with van der Waals surface area (Å²) in [5, 5.41) is 18.8. The largest absolute Gasteiger partial charge is 0.477 e. The van der Waals surface area contributed by atoms with Gasteiger partial charge < -0.3 is 21.0 Å². The third kappa shape index (κ3) is 4.83. The number of carbonyl (C=O) groups excluding carboxylic acids is 2. The highest BCUT2D eigenvalue weighted by atomic mass is 79.9. The maximum Gasteiger partial charge on any atom is 0.352 e. The average molecular weight is 703 g/mol. The quantitative estimate of drug-likeness (QED) is 0.140. The summed E-state index contributed by atoms with van der Waals surface area (Å²) in [6.07, 6.45) is 1.88. The topological polar surface area (TPSA) is 151 Å². The Morgan fingerprint density at radius 2 is 2.21 bits per heavy atom. The molecule has 0 saturated carbocycles. The normalized spacial score (nSPS) is 19.4. The monoisotopic (exact) mass is 701 g/mol. The van der Waals surface area contributed by atoms with E-state index in [2.05, 4.69) is 47.3 Å². The van der Waals surface area contributed by atoms with Crippen LogP contribution >= 0.6 is 66.3 Å². The summed E-state index contributed by atoms with van der Waals surface area (Å²) in [5.74, 6) is -1.99. The number of thiazole rings is 1. The van der Waals surface area contributed by atoms with Crippen molar-refractivity contribution in [3.8, 4) is 0 Å². The number of aromatic nitrogens is 2. The third-order valence-electron chi connectivity index (χ3n) is 5.78. The van der Waals surface area contributed by atoms with Crippen molar-refractivity contribution in [2.24, 2.45) is 5.16 Å². The molecule has 16 heteroatoms. The fourth-order valence-corrected chi connectivity index (χ4v) is 8.27. The summed E-state index contributed by atoms with van der Waals surface area (Å²) in [6, 6.07) is 2.94. The molecule has 198 valence electrons. The van der Waals surface area contributed by atoms with Crippen molar-refractivity contribution >= 4 is 105 Å². The van der Waals surface area contributed by atoms with E-state index in [0.717, 1.165) is 29.8 Å². The molecule has 5 heterocycles. The SMILES string of the molecule is CCO/N=C(/C(=O)NC1C(=O)N2C(C(=O)O)=C(C[n+]3cccc4c(Br)c(Br)sc43)CS[C@H]12)c1csc(N)n1. The van der Waals surface area contributed by atoms with Crippen LogP contribution in [0.1, 0.15) is 12.6 Å². The highest BCUT2D eigenvalue weighted by molar-refractivity contribution is 9.13. The second-order valence-corrected chi connectivity index (χ2v) is 13.2. The Kier molecular flexibility index (Phi) is 7.77. The van der Waals surface area contributed by atoms with Crippen molar-refractivity contribution in [2.75, 3.05) is 18.1 Å². The van der Waals surface area contributed by atoms with Crippen LogP contribution in [0.15, 0.2) is 48.4 Å². The van der Waals surface area contributed by atoms with E-state index in [1.54, 1.807) is 12.3 Å². The number of carbonyl (C=O) groups is 3. The minimum absolute atomic E-state index is 0.0566. The van der Waals surface area contributed by atoms with Crippen LogP contribution in [-0.4, -0.2) is 62.3 Å². The van der Waals surface area contributed by atoms with Crippen molar-refractivity contribution in [2.45, 2.75) is 24.9 Å². The average Bonchev–Trinajstić information content (AvgIpc) is 3.45. The number of carboxylic acid groups (broad SMARTS) is 1. The first-order valence-corrected chi connectivity index (χ1v) is 15.4. The fourth-order valence-electron chi connectivity index (χ4n) is 4.13. The zero-order chi connectivity index (χ0) is 27.1. The molecule has 0 aliphatic carbocycles. The Balaban J connectivity index is 1.39. The zero-order valence-corrected chi connectivity index (χ0v) is 25.1. The number of oxime groups is 1. The van der Waals surface area contributed by atoms with Crippen molar-refractivity contribution < 1.29 is 28.9 Å². The van der Waals surface area contributed by atoms with Gasteiger partial charge in [0.05, 0.1) is 13.6 Å². The van der Waals surface area contributed by atoms with Gasteiger partial charge in [-0.05, 0) is 44.8 Å². The number of amides is 2. The number of nitrogens with two attached hydrogens (primary N) is 1. The Morgan fingerprint density at radius 3 is 2.89 bits per heavy atom. The number of thioether (sulfide) groups is 1. The van der Waals surface area contributed by atoms with Gasteiger partial charge in [-0.15, -0.1) is 23.1 Å². The fraction of sp³-hybridized carbons (Fsp3) is 0.273. The molecule has 1 unspecified atom stereocenters. The summed E-state index contributed by atoms with van der Waals surface area (Å²) in [4.78, 5) is 49.9. The summed E-state index contributed by atoms with van der Waals surface area (Å²) in [7, 11) is 0. The van der Waals surface area contributed by atoms with Gasteiger partial charge in [-0.2, -0.15) is 4.57 Å². The zero-order valence-electron chi connectivity index (χ0n) is 19.5. The van der Waals surface area contributed by atoms with Gasteiger partial charge in [0.15, 0.2) is 23.6 Å². The van der Waals surface area contributed by atoms with Crippen LogP contribution in [0.5, 0.6) is 0 Å².